The lowest BCUT2D eigenvalue weighted by Gasteiger charge is -2.10. The van der Waals surface area contributed by atoms with Crippen LogP contribution in [0, 0.1) is 0 Å². The highest BCUT2D eigenvalue weighted by Gasteiger charge is 2.31. The van der Waals surface area contributed by atoms with E-state index in [1.165, 1.54) is 0 Å². The van der Waals surface area contributed by atoms with Crippen molar-refractivity contribution in [3.05, 3.63) is 33.8 Å². The Morgan fingerprint density at radius 1 is 1.40 bits per heavy atom. The van der Waals surface area contributed by atoms with Gasteiger partial charge in [-0.2, -0.15) is 4.99 Å². The second-order valence-corrected chi connectivity index (χ2v) is 3.80. The minimum absolute atomic E-state index is 0.152. The van der Waals surface area contributed by atoms with E-state index >= 15 is 0 Å². The van der Waals surface area contributed by atoms with Crippen molar-refractivity contribution in [2.24, 2.45) is 10.7 Å². The maximum atomic E-state index is 11.4. The number of carbonyl (C=O) groups excluding carboxylic acids is 1. The Hall–Kier alpha value is -1.26. The zero-order chi connectivity index (χ0) is 11.0. The first-order valence-corrected chi connectivity index (χ1v) is 4.83. The molecule has 1 atom stereocenters. The number of hydrogen-bond acceptors (Lipinski definition) is 3. The van der Waals surface area contributed by atoms with Gasteiger partial charge in [0.1, 0.15) is 0 Å². The topological polar surface area (TPSA) is 64.7 Å². The number of amides is 1. The predicted octanol–water partition coefficient (Wildman–Crippen LogP) is 1.91. The molecule has 0 spiro atoms. The zero-order valence-corrected chi connectivity index (χ0v) is 8.92. The van der Waals surface area contributed by atoms with Gasteiger partial charge in [-0.3, -0.25) is 4.79 Å². The third-order valence-corrected chi connectivity index (χ3v) is 2.50. The van der Waals surface area contributed by atoms with Crippen LogP contribution in [0.3, 0.4) is 0 Å². The van der Waals surface area contributed by atoms with E-state index in [1.807, 2.05) is 0 Å². The molecule has 0 fully saturated rings. The van der Waals surface area contributed by atoms with Crippen molar-refractivity contribution in [2.45, 2.75) is 6.10 Å². The van der Waals surface area contributed by atoms with Crippen molar-refractivity contribution >= 4 is 35.1 Å². The molecule has 0 saturated carbocycles. The Morgan fingerprint density at radius 3 is 2.73 bits per heavy atom. The van der Waals surface area contributed by atoms with Gasteiger partial charge in [0.2, 0.25) is 6.10 Å². The van der Waals surface area contributed by atoms with Crippen molar-refractivity contribution < 1.29 is 9.53 Å². The number of amidine groups is 1. The number of benzene rings is 1. The second-order valence-electron chi connectivity index (χ2n) is 2.95. The lowest BCUT2D eigenvalue weighted by molar-refractivity contribution is -0.122. The Labute approximate surface area is 95.6 Å². The van der Waals surface area contributed by atoms with Crippen molar-refractivity contribution in [2.75, 3.05) is 0 Å². The van der Waals surface area contributed by atoms with Gasteiger partial charge < -0.3 is 10.5 Å². The molecule has 1 heterocycles. The largest absolute Gasteiger partial charge is 0.447 e. The van der Waals surface area contributed by atoms with Crippen molar-refractivity contribution in [1.82, 2.24) is 0 Å². The van der Waals surface area contributed by atoms with Gasteiger partial charge >= 0.3 is 0 Å². The summed E-state index contributed by atoms with van der Waals surface area (Å²) in [7, 11) is 0. The number of hydrogen-bond donors (Lipinski definition) is 1. The normalized spacial score (nSPS) is 20.0. The summed E-state index contributed by atoms with van der Waals surface area (Å²) in [5.74, 6) is -0.475. The van der Waals surface area contributed by atoms with Gasteiger partial charge in [0, 0.05) is 15.6 Å². The van der Waals surface area contributed by atoms with Crippen molar-refractivity contribution in [1.29, 1.82) is 0 Å². The van der Waals surface area contributed by atoms with Crippen LogP contribution in [-0.2, 0) is 9.53 Å². The first-order chi connectivity index (χ1) is 7.08. The first-order valence-electron chi connectivity index (χ1n) is 4.07. The van der Waals surface area contributed by atoms with E-state index < -0.39 is 12.0 Å². The SMILES string of the molecule is NC1=NC(=O)C(c2cc(Cl)ccc2Cl)O1. The number of aliphatic imine (C=N–C) groups is 1. The molecule has 78 valence electrons. The average molecular weight is 245 g/mol. The fourth-order valence-electron chi connectivity index (χ4n) is 1.28. The van der Waals surface area contributed by atoms with Crippen LogP contribution in [0.25, 0.3) is 0 Å². The van der Waals surface area contributed by atoms with E-state index in [9.17, 15) is 4.79 Å². The highest BCUT2D eigenvalue weighted by atomic mass is 35.5. The highest BCUT2D eigenvalue weighted by molar-refractivity contribution is 6.33. The van der Waals surface area contributed by atoms with E-state index in [0.29, 0.717) is 15.6 Å². The summed E-state index contributed by atoms with van der Waals surface area (Å²) < 4.78 is 5.03. The van der Waals surface area contributed by atoms with Crippen molar-refractivity contribution in [3.63, 3.8) is 0 Å². The van der Waals surface area contributed by atoms with E-state index in [0.717, 1.165) is 0 Å². The monoisotopic (exact) mass is 244 g/mol. The summed E-state index contributed by atoms with van der Waals surface area (Å²) in [6.45, 7) is 0. The number of carbonyl (C=O) groups is 1. The average Bonchev–Trinajstić information content (AvgIpc) is 2.50. The molecule has 1 aliphatic heterocycles. The second kappa shape index (κ2) is 3.72. The molecule has 1 aromatic rings. The van der Waals surface area contributed by atoms with Gasteiger partial charge in [0.15, 0.2) is 0 Å². The number of nitrogens with two attached hydrogens (primary N) is 1. The minimum atomic E-state index is -0.879. The summed E-state index contributed by atoms with van der Waals surface area (Å²) in [6.07, 6.45) is -0.879. The molecule has 0 saturated heterocycles. The first kappa shape index (κ1) is 10.3. The van der Waals surface area contributed by atoms with E-state index in [-0.39, 0.29) is 6.02 Å². The Bertz CT molecular complexity index is 459. The van der Waals surface area contributed by atoms with Crippen LogP contribution in [0.2, 0.25) is 10.0 Å². The third kappa shape index (κ3) is 1.91. The Morgan fingerprint density at radius 2 is 2.13 bits per heavy atom. The molecular formula is C9H6Cl2N2O2. The molecule has 2 N–H and O–H groups in total. The lowest BCUT2D eigenvalue weighted by Crippen LogP contribution is -2.14. The van der Waals surface area contributed by atoms with Gasteiger partial charge in [-0.1, -0.05) is 23.2 Å². The van der Waals surface area contributed by atoms with Crippen LogP contribution in [0.1, 0.15) is 11.7 Å². The number of ether oxygens (including phenoxy) is 1. The fourth-order valence-corrected chi connectivity index (χ4v) is 1.67. The van der Waals surface area contributed by atoms with Crippen LogP contribution in [0.15, 0.2) is 23.2 Å². The van der Waals surface area contributed by atoms with Crippen molar-refractivity contribution in [3.8, 4) is 0 Å². The molecule has 15 heavy (non-hydrogen) atoms. The molecule has 0 radical (unpaired) electrons. The van der Waals surface area contributed by atoms with Crippen LogP contribution in [-0.4, -0.2) is 11.9 Å². The number of rotatable bonds is 1. The maximum Gasteiger partial charge on any atom is 0.296 e. The number of halogens is 2. The van der Waals surface area contributed by atoms with Crippen LogP contribution < -0.4 is 5.73 Å². The highest BCUT2D eigenvalue weighted by Crippen LogP contribution is 2.31. The zero-order valence-electron chi connectivity index (χ0n) is 7.41. The molecular weight excluding hydrogens is 239 g/mol. The molecule has 1 unspecified atom stereocenters. The van der Waals surface area contributed by atoms with E-state index in [2.05, 4.69) is 4.99 Å². The fraction of sp³-hybridized carbons (Fsp3) is 0.111. The van der Waals surface area contributed by atoms with E-state index in [4.69, 9.17) is 33.7 Å². The number of nitrogens with zero attached hydrogens (tertiary/aromatic N) is 1. The molecule has 0 bridgehead atoms. The van der Waals surface area contributed by atoms with Gasteiger partial charge in [0.25, 0.3) is 11.9 Å². The summed E-state index contributed by atoms with van der Waals surface area (Å²) >= 11 is 11.7. The smallest absolute Gasteiger partial charge is 0.296 e. The summed E-state index contributed by atoms with van der Waals surface area (Å²) in [4.78, 5) is 14.8. The molecule has 6 heteroatoms. The molecule has 1 aromatic carbocycles. The molecule has 2 rings (SSSR count). The molecule has 0 aromatic heterocycles. The molecule has 0 aliphatic carbocycles. The Balaban J connectivity index is 2.39. The van der Waals surface area contributed by atoms with Gasteiger partial charge in [-0.05, 0) is 18.2 Å². The Kier molecular flexibility index (Phi) is 2.54. The van der Waals surface area contributed by atoms with Gasteiger partial charge in [-0.15, -0.1) is 0 Å². The van der Waals surface area contributed by atoms with Crippen LogP contribution >= 0.6 is 23.2 Å². The molecule has 4 nitrogen and oxygen atoms in total. The van der Waals surface area contributed by atoms with Gasteiger partial charge in [0.05, 0.1) is 0 Å². The minimum Gasteiger partial charge on any atom is -0.447 e. The standard InChI is InChI=1S/C9H6Cl2N2O2/c10-4-1-2-6(11)5(3-4)7-8(14)13-9(12)15-7/h1-3,7H,(H2,12,13,14). The quantitative estimate of drug-likeness (QED) is 0.821. The van der Waals surface area contributed by atoms with Crippen LogP contribution in [0.5, 0.6) is 0 Å². The predicted molar refractivity (Wildman–Crippen MR) is 56.9 cm³/mol. The maximum absolute atomic E-state index is 11.4. The van der Waals surface area contributed by atoms with Gasteiger partial charge in [-0.25, -0.2) is 0 Å². The summed E-state index contributed by atoms with van der Waals surface area (Å²) in [6, 6.07) is 4.61. The summed E-state index contributed by atoms with van der Waals surface area (Å²) in [5, 5.41) is 0.860. The molecule has 1 amide bonds. The third-order valence-electron chi connectivity index (χ3n) is 1.92. The van der Waals surface area contributed by atoms with Crippen LogP contribution in [0.4, 0.5) is 0 Å². The molecule has 1 aliphatic rings. The lowest BCUT2D eigenvalue weighted by atomic mass is 10.1. The summed E-state index contributed by atoms with van der Waals surface area (Å²) in [5.41, 5.74) is 5.74. The van der Waals surface area contributed by atoms with E-state index in [1.54, 1.807) is 18.2 Å².